The predicted molar refractivity (Wildman–Crippen MR) is 202 cm³/mol. The van der Waals surface area contributed by atoms with Crippen molar-refractivity contribution in [2.24, 2.45) is 5.92 Å². The molecule has 1 aliphatic carbocycles. The number of halogens is 2. The molecule has 7 rings (SSSR count). The minimum atomic E-state index is -4.10. The Hall–Kier alpha value is -2.48. The summed E-state index contributed by atoms with van der Waals surface area (Å²) < 4.78 is 1.35. The zero-order chi connectivity index (χ0) is 32.3. The molecule has 0 saturated carbocycles. The van der Waals surface area contributed by atoms with Crippen LogP contribution in [0.4, 0.5) is 0 Å². The van der Waals surface area contributed by atoms with E-state index in [9.17, 15) is 0 Å². The van der Waals surface area contributed by atoms with Gasteiger partial charge in [-0.3, -0.25) is 0 Å². The van der Waals surface area contributed by atoms with Crippen LogP contribution in [0.3, 0.4) is 0 Å². The Balaban J connectivity index is 1.47. The SMILES string of the molecule is CC(C)C1=Cc2c(ccc(-c3ccccc3)c2-c2cc(C(C)C)cc(C(C)C)c2)[CH]1[Zr]([Cl])([Cl])[c]1cccc2c1[SiH2]c1ccccc1-2. The first-order chi connectivity index (χ1) is 22.1. The van der Waals surface area contributed by atoms with Crippen LogP contribution in [0, 0.1) is 5.92 Å². The van der Waals surface area contributed by atoms with Crippen molar-refractivity contribution >= 4 is 46.3 Å². The van der Waals surface area contributed by atoms with E-state index in [2.05, 4.69) is 151 Å². The molecule has 0 N–H and O–H groups in total. The van der Waals surface area contributed by atoms with Crippen LogP contribution in [-0.4, -0.2) is 9.52 Å². The Morgan fingerprint density at radius 3 is 1.93 bits per heavy atom. The summed E-state index contributed by atoms with van der Waals surface area (Å²) in [6.07, 6.45) is 2.48. The van der Waals surface area contributed by atoms with Gasteiger partial charge in [-0.1, -0.05) is 0 Å². The van der Waals surface area contributed by atoms with E-state index in [0.717, 1.165) is 0 Å². The van der Waals surface area contributed by atoms with Crippen molar-refractivity contribution < 1.29 is 17.9 Å². The monoisotopic (exact) mass is 734 g/mol. The van der Waals surface area contributed by atoms with Gasteiger partial charge in [-0.05, 0) is 0 Å². The van der Waals surface area contributed by atoms with Gasteiger partial charge in [-0.15, -0.1) is 0 Å². The first-order valence-corrected chi connectivity index (χ1v) is 27.1. The van der Waals surface area contributed by atoms with Gasteiger partial charge in [0.1, 0.15) is 0 Å². The summed E-state index contributed by atoms with van der Waals surface area (Å²) in [5.41, 5.74) is 14.6. The summed E-state index contributed by atoms with van der Waals surface area (Å²) in [6.45, 7) is 13.8. The molecule has 0 fully saturated rings. The Labute approximate surface area is 289 Å². The maximum absolute atomic E-state index is 8.01. The Morgan fingerprint density at radius 2 is 1.26 bits per heavy atom. The van der Waals surface area contributed by atoms with Crippen LogP contribution in [0.25, 0.3) is 39.5 Å². The summed E-state index contributed by atoms with van der Waals surface area (Å²) in [5, 5.41) is 2.99. The molecule has 0 aromatic heterocycles. The van der Waals surface area contributed by atoms with Gasteiger partial charge in [-0.2, -0.15) is 0 Å². The fraction of sp³-hybridized carbons (Fsp3) is 0.238. The van der Waals surface area contributed by atoms with Crippen LogP contribution in [0.2, 0.25) is 0 Å². The first-order valence-electron chi connectivity index (χ1n) is 16.7. The van der Waals surface area contributed by atoms with Crippen LogP contribution in [0.5, 0.6) is 0 Å². The van der Waals surface area contributed by atoms with Crippen molar-refractivity contribution in [2.75, 3.05) is 0 Å². The van der Waals surface area contributed by atoms with E-state index in [1.54, 1.807) is 0 Å². The van der Waals surface area contributed by atoms with Gasteiger partial charge in [0.2, 0.25) is 0 Å². The van der Waals surface area contributed by atoms with E-state index in [1.807, 2.05) is 0 Å². The van der Waals surface area contributed by atoms with Crippen molar-refractivity contribution in [3.8, 4) is 33.4 Å². The van der Waals surface area contributed by atoms with E-state index < -0.39 is 27.4 Å². The zero-order valence-electron chi connectivity index (χ0n) is 27.7. The number of allylic oxidation sites excluding steroid dienone is 1. The summed E-state index contributed by atoms with van der Waals surface area (Å²) in [5.74, 6) is 1.21. The van der Waals surface area contributed by atoms with Crippen molar-refractivity contribution in [3.05, 3.63) is 131 Å². The summed E-state index contributed by atoms with van der Waals surface area (Å²) in [4.78, 5) is 0. The van der Waals surface area contributed by atoms with Gasteiger partial charge in [-0.25, -0.2) is 0 Å². The molecule has 232 valence electrons. The number of rotatable bonds is 7. The number of hydrogen-bond acceptors (Lipinski definition) is 0. The quantitative estimate of drug-likeness (QED) is 0.143. The van der Waals surface area contributed by atoms with Crippen molar-refractivity contribution in [1.29, 1.82) is 0 Å². The molecular formula is C42H42Cl2SiZr. The molecule has 0 saturated heterocycles. The van der Waals surface area contributed by atoms with Gasteiger partial charge in [0.05, 0.1) is 0 Å². The molecule has 46 heavy (non-hydrogen) atoms. The predicted octanol–water partition coefficient (Wildman–Crippen LogP) is 10.2. The average Bonchev–Trinajstić information content (AvgIpc) is 3.64. The molecule has 1 heterocycles. The van der Waals surface area contributed by atoms with Gasteiger partial charge in [0, 0.05) is 0 Å². The molecule has 1 unspecified atom stereocenters. The molecule has 4 heteroatoms. The van der Waals surface area contributed by atoms with Gasteiger partial charge >= 0.3 is 291 Å². The van der Waals surface area contributed by atoms with E-state index in [0.29, 0.717) is 17.8 Å². The van der Waals surface area contributed by atoms with E-state index in [1.165, 1.54) is 74.9 Å². The topological polar surface area (TPSA) is 0 Å². The molecule has 0 radical (unpaired) electrons. The summed E-state index contributed by atoms with van der Waals surface area (Å²) in [7, 11) is 15.4. The maximum atomic E-state index is 8.01. The molecular weight excluding hydrogens is 695 g/mol. The van der Waals surface area contributed by atoms with E-state index in [-0.39, 0.29) is 3.63 Å². The van der Waals surface area contributed by atoms with E-state index >= 15 is 0 Å². The Kier molecular flexibility index (Phi) is 8.73. The van der Waals surface area contributed by atoms with Crippen LogP contribution in [0.15, 0.2) is 109 Å². The molecule has 1 atom stereocenters. The zero-order valence-corrected chi connectivity index (χ0v) is 33.0. The average molecular weight is 737 g/mol. The van der Waals surface area contributed by atoms with Crippen molar-refractivity contribution in [2.45, 2.75) is 57.0 Å². The van der Waals surface area contributed by atoms with Gasteiger partial charge in [0.15, 0.2) is 0 Å². The van der Waals surface area contributed by atoms with Crippen molar-refractivity contribution in [1.82, 2.24) is 0 Å². The fourth-order valence-corrected chi connectivity index (χ4v) is 24.7. The third-order valence-corrected chi connectivity index (χ3v) is 24.4. The second-order valence-electron chi connectivity index (χ2n) is 14.1. The van der Waals surface area contributed by atoms with Crippen LogP contribution in [-0.2, 0) is 17.9 Å². The third kappa shape index (κ3) is 5.48. The molecule has 0 amide bonds. The molecule has 5 aromatic rings. The van der Waals surface area contributed by atoms with Gasteiger partial charge < -0.3 is 0 Å². The summed E-state index contributed by atoms with van der Waals surface area (Å²) >= 11 is -4.10. The molecule has 5 aromatic carbocycles. The van der Waals surface area contributed by atoms with Crippen LogP contribution < -0.4 is 13.6 Å². The Bertz CT molecular complexity index is 1960. The van der Waals surface area contributed by atoms with Crippen molar-refractivity contribution in [3.63, 3.8) is 0 Å². The number of benzene rings is 5. The Morgan fingerprint density at radius 1 is 0.609 bits per heavy atom. The van der Waals surface area contributed by atoms with Crippen LogP contribution in [0.1, 0.15) is 79.3 Å². The standard InChI is InChI=1S/C30H33.C12H9Si.2ClH.Zr/c1-19(2)24-15-25(20(3)4)17-27(16-24)30-28(22-10-8-7-9-11-22)13-12-23-14-26(21(5)6)18-29(23)30;1-3-7-11-9(5-1)10-6-2-4-8-12(10)13-11;;;/h7-21H,1-6H3;1-7H,13H2;2*1H;/q;;;;+2/p-2. The summed E-state index contributed by atoms with van der Waals surface area (Å²) in [6, 6.07) is 38.5. The second-order valence-corrected chi connectivity index (χ2v) is 29.9. The van der Waals surface area contributed by atoms with Crippen LogP contribution >= 0.6 is 17.0 Å². The second kappa shape index (κ2) is 12.5. The molecule has 2 aliphatic rings. The number of fused-ring (bicyclic) bond motifs is 4. The molecule has 0 bridgehead atoms. The molecule has 1 aliphatic heterocycles. The fourth-order valence-electron chi connectivity index (χ4n) is 7.66. The van der Waals surface area contributed by atoms with E-state index in [4.69, 9.17) is 17.0 Å². The number of hydrogen-bond donors (Lipinski definition) is 0. The molecule has 0 nitrogen and oxygen atoms in total. The first kappa shape index (κ1) is 32.1. The normalized spacial score (nSPS) is 15.9. The molecule has 0 spiro atoms. The van der Waals surface area contributed by atoms with Gasteiger partial charge in [0.25, 0.3) is 0 Å². The third-order valence-electron chi connectivity index (χ3n) is 10.2. The minimum absolute atomic E-state index is 0.0540.